The first-order chi connectivity index (χ1) is 33.9. The molecule has 3 nitrogen and oxygen atoms in total. The van der Waals surface area contributed by atoms with Gasteiger partial charge in [-0.2, -0.15) is 0 Å². The summed E-state index contributed by atoms with van der Waals surface area (Å²) in [6, 6.07) is 78.6. The van der Waals surface area contributed by atoms with Gasteiger partial charge in [0.15, 0.2) is 0 Å². The molecular formula is C66H52BN3. The molecule has 12 aromatic rings. The van der Waals surface area contributed by atoms with Crippen LogP contribution < -0.4 is 26.2 Å². The molecule has 0 N–H and O–H groups in total. The summed E-state index contributed by atoms with van der Waals surface area (Å²) in [4.78, 5) is 5.17. The van der Waals surface area contributed by atoms with E-state index in [1.165, 1.54) is 115 Å². The van der Waals surface area contributed by atoms with E-state index in [0.717, 1.165) is 17.1 Å². The van der Waals surface area contributed by atoms with Crippen LogP contribution in [-0.2, 0) is 10.8 Å². The number of rotatable bonds is 3. The smallest absolute Gasteiger partial charge is 0.252 e. The van der Waals surface area contributed by atoms with Gasteiger partial charge in [-0.1, -0.05) is 175 Å². The van der Waals surface area contributed by atoms with Crippen molar-refractivity contribution in [3.8, 4) is 5.69 Å². The lowest BCUT2D eigenvalue weighted by Crippen LogP contribution is -2.61. The van der Waals surface area contributed by atoms with E-state index in [-0.39, 0.29) is 17.5 Å². The van der Waals surface area contributed by atoms with Gasteiger partial charge in [-0.3, -0.25) is 0 Å². The van der Waals surface area contributed by atoms with Gasteiger partial charge >= 0.3 is 0 Å². The van der Waals surface area contributed by atoms with Crippen molar-refractivity contribution in [2.45, 2.75) is 52.4 Å². The summed E-state index contributed by atoms with van der Waals surface area (Å²) in [5.74, 6) is 0. The van der Waals surface area contributed by atoms with Crippen molar-refractivity contribution < 1.29 is 0 Å². The summed E-state index contributed by atoms with van der Waals surface area (Å²) in [7, 11) is 0. The third-order valence-electron chi connectivity index (χ3n) is 15.5. The second-order valence-corrected chi connectivity index (χ2v) is 21.9. The molecule has 0 unspecified atom stereocenters. The van der Waals surface area contributed by atoms with Crippen LogP contribution in [0.25, 0.3) is 70.6 Å². The Morgan fingerprint density at radius 2 is 0.686 bits per heavy atom. The van der Waals surface area contributed by atoms with Crippen LogP contribution in [0.5, 0.6) is 0 Å². The summed E-state index contributed by atoms with van der Waals surface area (Å²) in [5, 5.41) is 12.4. The molecule has 14 rings (SSSR count). The van der Waals surface area contributed by atoms with Gasteiger partial charge in [-0.15, -0.1) is 0 Å². The van der Waals surface area contributed by atoms with E-state index in [0.29, 0.717) is 0 Å². The predicted octanol–water partition coefficient (Wildman–Crippen LogP) is 16.1. The van der Waals surface area contributed by atoms with Crippen LogP contribution in [0.3, 0.4) is 0 Å². The van der Waals surface area contributed by atoms with Crippen LogP contribution in [0.15, 0.2) is 206 Å². The number of aromatic nitrogens is 1. The highest BCUT2D eigenvalue weighted by Gasteiger charge is 2.44. The molecule has 3 heterocycles. The highest BCUT2D eigenvalue weighted by atomic mass is 15.2. The van der Waals surface area contributed by atoms with Crippen LogP contribution in [0.1, 0.15) is 52.7 Å². The van der Waals surface area contributed by atoms with Crippen molar-refractivity contribution in [3.63, 3.8) is 0 Å². The molecule has 4 heteroatoms. The van der Waals surface area contributed by atoms with E-state index in [9.17, 15) is 0 Å². The van der Waals surface area contributed by atoms with Gasteiger partial charge in [0, 0.05) is 44.9 Å². The molecule has 0 amide bonds. The maximum atomic E-state index is 2.58. The zero-order chi connectivity index (χ0) is 47.2. The maximum Gasteiger partial charge on any atom is 0.252 e. The summed E-state index contributed by atoms with van der Waals surface area (Å²) in [5.41, 5.74) is 17.2. The molecule has 0 spiro atoms. The second-order valence-electron chi connectivity index (χ2n) is 21.9. The monoisotopic (exact) mass is 897 g/mol. The lowest BCUT2D eigenvalue weighted by atomic mass is 9.33. The Labute approximate surface area is 409 Å². The number of fused-ring (bicyclic) bond motifs is 11. The van der Waals surface area contributed by atoms with Crippen LogP contribution in [0.2, 0.25) is 0 Å². The number of hydrogen-bond donors (Lipinski definition) is 0. The number of hydrogen-bond acceptors (Lipinski definition) is 2. The van der Waals surface area contributed by atoms with Crippen LogP contribution in [0, 0.1) is 0 Å². The van der Waals surface area contributed by atoms with Crippen molar-refractivity contribution in [1.82, 2.24) is 4.57 Å². The Kier molecular flexibility index (Phi) is 8.61. The highest BCUT2D eigenvalue weighted by Crippen LogP contribution is 2.48. The minimum Gasteiger partial charge on any atom is -0.311 e. The number of nitrogens with zero attached hydrogens (tertiary/aromatic N) is 3. The minimum absolute atomic E-state index is 0.00883. The molecule has 0 saturated carbocycles. The van der Waals surface area contributed by atoms with Crippen molar-refractivity contribution in [3.05, 3.63) is 217 Å². The zero-order valence-electron chi connectivity index (χ0n) is 40.5. The average molecular weight is 898 g/mol. The molecule has 2 aliphatic heterocycles. The second kappa shape index (κ2) is 14.7. The zero-order valence-corrected chi connectivity index (χ0v) is 40.5. The fraction of sp³-hybridized carbons (Fsp3) is 0.121. The first-order valence-corrected chi connectivity index (χ1v) is 24.9. The summed E-state index contributed by atoms with van der Waals surface area (Å²) < 4.78 is 2.55. The molecular weight excluding hydrogens is 846 g/mol. The molecule has 334 valence electrons. The van der Waals surface area contributed by atoms with E-state index < -0.39 is 0 Å². The van der Waals surface area contributed by atoms with Crippen molar-refractivity contribution in [2.75, 3.05) is 9.80 Å². The first kappa shape index (κ1) is 40.9. The molecule has 0 saturated heterocycles. The molecule has 70 heavy (non-hydrogen) atoms. The van der Waals surface area contributed by atoms with Gasteiger partial charge in [0.25, 0.3) is 6.71 Å². The Morgan fingerprint density at radius 1 is 0.314 bits per heavy atom. The molecule has 0 fully saturated rings. The van der Waals surface area contributed by atoms with E-state index in [1.807, 2.05) is 0 Å². The third kappa shape index (κ3) is 6.15. The van der Waals surface area contributed by atoms with Crippen LogP contribution in [-0.4, -0.2) is 11.3 Å². The number of anilines is 6. The Morgan fingerprint density at radius 3 is 1.09 bits per heavy atom. The molecule has 11 aromatic carbocycles. The Bertz CT molecular complexity index is 3920. The standard InChI is InChI=1S/C66H52BN3/c1-65(2,3)49-25-29-58-54(37-49)55-38-50(66(4,5)6)26-30-59(55)70(58)53-39-62-64-63(40-53)69(52-28-24-42-16-8-10-18-44(42)32-52)61-36-48-22-14-12-20-46(48)34-57(61)67(64)56-33-45-19-11-13-21-47(45)35-60(56)68(62)51-27-23-41-15-7-9-17-43(41)31-51/h7-40H,1-6H3. The van der Waals surface area contributed by atoms with E-state index in [2.05, 4.69) is 262 Å². The van der Waals surface area contributed by atoms with Crippen LogP contribution in [0.4, 0.5) is 34.1 Å². The lowest BCUT2D eigenvalue weighted by molar-refractivity contribution is 0.590. The van der Waals surface area contributed by atoms with Gasteiger partial charge in [0.1, 0.15) is 0 Å². The topological polar surface area (TPSA) is 11.4 Å². The van der Waals surface area contributed by atoms with E-state index in [1.54, 1.807) is 0 Å². The fourth-order valence-corrected chi connectivity index (χ4v) is 11.9. The molecule has 0 radical (unpaired) electrons. The number of benzene rings is 11. The van der Waals surface area contributed by atoms with Gasteiger partial charge in [0.05, 0.1) is 16.7 Å². The third-order valence-corrected chi connectivity index (χ3v) is 15.5. The van der Waals surface area contributed by atoms with Crippen molar-refractivity contribution in [1.29, 1.82) is 0 Å². The van der Waals surface area contributed by atoms with Crippen LogP contribution >= 0.6 is 0 Å². The normalized spacial score (nSPS) is 13.5. The molecule has 0 bridgehead atoms. The maximum absolute atomic E-state index is 2.58. The molecule has 1 aromatic heterocycles. The molecule has 2 aliphatic rings. The van der Waals surface area contributed by atoms with Gasteiger partial charge < -0.3 is 14.4 Å². The highest BCUT2D eigenvalue weighted by molar-refractivity contribution is 7.00. The average Bonchev–Trinajstić information content (AvgIpc) is 3.70. The largest absolute Gasteiger partial charge is 0.311 e. The van der Waals surface area contributed by atoms with Crippen molar-refractivity contribution in [2.24, 2.45) is 0 Å². The van der Waals surface area contributed by atoms with Gasteiger partial charge in [0.2, 0.25) is 0 Å². The Balaban J connectivity index is 1.16. The summed E-state index contributed by atoms with van der Waals surface area (Å²) >= 11 is 0. The van der Waals surface area contributed by atoms with E-state index >= 15 is 0 Å². The van der Waals surface area contributed by atoms with E-state index in [4.69, 9.17) is 0 Å². The van der Waals surface area contributed by atoms with Crippen molar-refractivity contribution >= 4 is 122 Å². The minimum atomic E-state index is -0.0477. The first-order valence-electron chi connectivity index (χ1n) is 24.9. The Hall–Kier alpha value is -8.08. The predicted molar refractivity (Wildman–Crippen MR) is 302 cm³/mol. The van der Waals surface area contributed by atoms with Gasteiger partial charge in [-0.05, 0) is 154 Å². The molecule has 0 aliphatic carbocycles. The summed E-state index contributed by atoms with van der Waals surface area (Å²) in [6.45, 7) is 13.9. The lowest BCUT2D eigenvalue weighted by Gasteiger charge is -2.44. The fourth-order valence-electron chi connectivity index (χ4n) is 11.9. The molecule has 0 atom stereocenters. The SMILES string of the molecule is CC(C)(C)c1ccc2c(c1)c1cc(C(C)(C)C)ccc1n2-c1cc2c3c(c1)N(c1ccc4ccccc4c1)c1cc4ccccc4cc1B3c1cc3ccccc3cc1N2c1ccc2ccccc2c1. The quantitative estimate of drug-likeness (QED) is 0.164. The summed E-state index contributed by atoms with van der Waals surface area (Å²) in [6.07, 6.45) is 0. The van der Waals surface area contributed by atoms with Gasteiger partial charge in [-0.25, -0.2) is 0 Å².